The SMILES string of the molecule is CN=C(NCc1cn2cc(Br)ccc2n1)N(C)CCOc1ccccc1. The molecule has 7 heteroatoms. The highest BCUT2D eigenvalue weighted by Gasteiger charge is 2.08. The number of ether oxygens (including phenoxy) is 1. The minimum Gasteiger partial charge on any atom is -0.492 e. The number of imidazole rings is 1. The van der Waals surface area contributed by atoms with Crippen molar-refractivity contribution in [1.82, 2.24) is 19.6 Å². The van der Waals surface area contributed by atoms with Crippen molar-refractivity contribution in [3.8, 4) is 5.75 Å². The third kappa shape index (κ3) is 4.76. The Hall–Kier alpha value is -2.54. The number of aromatic nitrogens is 2. The number of nitrogens with one attached hydrogen (secondary N) is 1. The Balaban J connectivity index is 1.51. The van der Waals surface area contributed by atoms with Gasteiger partial charge < -0.3 is 19.4 Å². The van der Waals surface area contributed by atoms with Crippen LogP contribution < -0.4 is 10.1 Å². The number of guanidine groups is 1. The van der Waals surface area contributed by atoms with Crippen molar-refractivity contribution in [3.05, 3.63) is 65.0 Å². The van der Waals surface area contributed by atoms with Gasteiger partial charge in [0.25, 0.3) is 0 Å². The fourth-order valence-electron chi connectivity index (χ4n) is 2.58. The Kier molecular flexibility index (Phi) is 6.12. The topological polar surface area (TPSA) is 54.2 Å². The Morgan fingerprint density at radius 1 is 1.23 bits per heavy atom. The molecule has 0 fully saturated rings. The lowest BCUT2D eigenvalue weighted by Crippen LogP contribution is -2.40. The van der Waals surface area contributed by atoms with Crippen LogP contribution in [0.4, 0.5) is 0 Å². The summed E-state index contributed by atoms with van der Waals surface area (Å²) in [6.07, 6.45) is 4.01. The molecule has 136 valence electrons. The van der Waals surface area contributed by atoms with E-state index in [0.29, 0.717) is 13.2 Å². The highest BCUT2D eigenvalue weighted by Crippen LogP contribution is 2.12. The number of benzene rings is 1. The van der Waals surface area contributed by atoms with Crippen molar-refractivity contribution in [2.75, 3.05) is 27.2 Å². The molecule has 0 saturated heterocycles. The normalized spacial score (nSPS) is 11.6. The summed E-state index contributed by atoms with van der Waals surface area (Å²) in [7, 11) is 3.77. The Morgan fingerprint density at radius 3 is 2.81 bits per heavy atom. The number of nitrogens with zero attached hydrogens (tertiary/aromatic N) is 4. The van der Waals surface area contributed by atoms with Gasteiger partial charge in [0.1, 0.15) is 18.0 Å². The first-order valence-corrected chi connectivity index (χ1v) is 9.18. The molecule has 2 heterocycles. The first-order chi connectivity index (χ1) is 12.7. The molecule has 26 heavy (non-hydrogen) atoms. The number of hydrogen-bond acceptors (Lipinski definition) is 3. The maximum absolute atomic E-state index is 5.74. The van der Waals surface area contributed by atoms with E-state index >= 15 is 0 Å². The zero-order valence-corrected chi connectivity index (χ0v) is 16.5. The van der Waals surface area contributed by atoms with Crippen molar-refractivity contribution in [1.29, 1.82) is 0 Å². The summed E-state index contributed by atoms with van der Waals surface area (Å²) in [6.45, 7) is 1.92. The second-order valence-electron chi connectivity index (χ2n) is 5.83. The summed E-state index contributed by atoms with van der Waals surface area (Å²) in [6, 6.07) is 13.8. The highest BCUT2D eigenvalue weighted by molar-refractivity contribution is 9.10. The lowest BCUT2D eigenvalue weighted by Gasteiger charge is -2.21. The van der Waals surface area contributed by atoms with E-state index < -0.39 is 0 Å². The first kappa shape index (κ1) is 18.3. The molecule has 0 radical (unpaired) electrons. The molecule has 1 N–H and O–H groups in total. The van der Waals surface area contributed by atoms with Crippen LogP contribution >= 0.6 is 15.9 Å². The average molecular weight is 416 g/mol. The summed E-state index contributed by atoms with van der Waals surface area (Å²) in [5.41, 5.74) is 1.88. The summed E-state index contributed by atoms with van der Waals surface area (Å²) in [5.74, 6) is 1.68. The molecule has 1 aromatic carbocycles. The number of fused-ring (bicyclic) bond motifs is 1. The van der Waals surface area contributed by atoms with Gasteiger partial charge in [0.15, 0.2) is 5.96 Å². The van der Waals surface area contributed by atoms with Gasteiger partial charge in [-0.15, -0.1) is 0 Å². The van der Waals surface area contributed by atoms with Gasteiger partial charge in [0.2, 0.25) is 0 Å². The van der Waals surface area contributed by atoms with Crippen molar-refractivity contribution in [2.45, 2.75) is 6.54 Å². The van der Waals surface area contributed by atoms with E-state index in [2.05, 4.69) is 31.2 Å². The molecule has 0 aliphatic rings. The number of rotatable bonds is 6. The van der Waals surface area contributed by atoms with Crippen LogP contribution in [0.5, 0.6) is 5.75 Å². The second kappa shape index (κ2) is 8.71. The molecule has 0 spiro atoms. The quantitative estimate of drug-likeness (QED) is 0.496. The Labute approximate surface area is 161 Å². The number of aliphatic imine (C=N–C) groups is 1. The van der Waals surface area contributed by atoms with Crippen molar-refractivity contribution in [2.24, 2.45) is 4.99 Å². The van der Waals surface area contributed by atoms with Crippen LogP contribution in [0.2, 0.25) is 0 Å². The molecule has 0 saturated carbocycles. The van der Waals surface area contributed by atoms with Gasteiger partial charge in [-0.2, -0.15) is 0 Å². The average Bonchev–Trinajstić information content (AvgIpc) is 3.05. The smallest absolute Gasteiger partial charge is 0.193 e. The zero-order chi connectivity index (χ0) is 18.4. The van der Waals surface area contributed by atoms with Gasteiger partial charge in [-0.3, -0.25) is 4.99 Å². The third-order valence-electron chi connectivity index (χ3n) is 3.90. The summed E-state index contributed by atoms with van der Waals surface area (Å²) < 4.78 is 8.77. The van der Waals surface area contributed by atoms with Crippen molar-refractivity contribution < 1.29 is 4.74 Å². The number of likely N-dealkylation sites (N-methyl/N-ethyl adjacent to an activating group) is 1. The van der Waals surface area contributed by atoms with E-state index in [1.165, 1.54) is 0 Å². The van der Waals surface area contributed by atoms with E-state index in [0.717, 1.165) is 34.1 Å². The van der Waals surface area contributed by atoms with Crippen LogP contribution in [-0.4, -0.2) is 47.5 Å². The molecule has 6 nitrogen and oxygen atoms in total. The molecule has 0 aliphatic carbocycles. The van der Waals surface area contributed by atoms with Crippen LogP contribution in [0.15, 0.2) is 64.3 Å². The molecular weight excluding hydrogens is 394 g/mol. The number of hydrogen-bond donors (Lipinski definition) is 1. The molecule has 0 bridgehead atoms. The lowest BCUT2D eigenvalue weighted by atomic mass is 10.3. The van der Waals surface area contributed by atoms with Crippen LogP contribution in [0.3, 0.4) is 0 Å². The number of para-hydroxylation sites is 1. The van der Waals surface area contributed by atoms with Gasteiger partial charge in [0, 0.05) is 31.0 Å². The summed E-state index contributed by atoms with van der Waals surface area (Å²) in [4.78, 5) is 11.0. The fourth-order valence-corrected chi connectivity index (χ4v) is 2.93. The highest BCUT2D eigenvalue weighted by atomic mass is 79.9. The number of pyridine rings is 1. The largest absolute Gasteiger partial charge is 0.492 e. The molecule has 3 rings (SSSR count). The molecule has 3 aromatic rings. The van der Waals surface area contributed by atoms with Gasteiger partial charge >= 0.3 is 0 Å². The first-order valence-electron chi connectivity index (χ1n) is 8.38. The third-order valence-corrected chi connectivity index (χ3v) is 4.37. The van der Waals surface area contributed by atoms with E-state index in [1.54, 1.807) is 7.05 Å². The van der Waals surface area contributed by atoms with Gasteiger partial charge in [-0.25, -0.2) is 4.98 Å². The Bertz CT molecular complexity index is 878. The van der Waals surface area contributed by atoms with Crippen LogP contribution in [0, 0.1) is 0 Å². The summed E-state index contributed by atoms with van der Waals surface area (Å²) in [5, 5.41) is 3.34. The lowest BCUT2D eigenvalue weighted by molar-refractivity contribution is 0.281. The van der Waals surface area contributed by atoms with E-state index in [1.807, 2.05) is 71.2 Å². The standard InChI is InChI=1S/C19H22BrN5O/c1-21-19(24(2)10-11-26-17-6-4-3-5-7-17)22-12-16-14-25-13-15(20)8-9-18(25)23-16/h3-9,13-14H,10-12H2,1-2H3,(H,21,22). The van der Waals surface area contributed by atoms with Gasteiger partial charge in [-0.1, -0.05) is 18.2 Å². The molecule has 2 aromatic heterocycles. The minimum atomic E-state index is 0.587. The van der Waals surface area contributed by atoms with Crippen LogP contribution in [-0.2, 0) is 6.54 Å². The van der Waals surface area contributed by atoms with E-state index in [4.69, 9.17) is 4.74 Å². The fraction of sp³-hybridized carbons (Fsp3) is 0.263. The maximum Gasteiger partial charge on any atom is 0.193 e. The molecule has 0 unspecified atom stereocenters. The van der Waals surface area contributed by atoms with Crippen molar-refractivity contribution in [3.63, 3.8) is 0 Å². The minimum absolute atomic E-state index is 0.587. The van der Waals surface area contributed by atoms with Crippen LogP contribution in [0.1, 0.15) is 5.69 Å². The van der Waals surface area contributed by atoms with Crippen molar-refractivity contribution >= 4 is 27.5 Å². The molecule has 0 amide bonds. The van der Waals surface area contributed by atoms with Crippen LogP contribution in [0.25, 0.3) is 5.65 Å². The molecular formula is C19H22BrN5O. The predicted molar refractivity (Wildman–Crippen MR) is 108 cm³/mol. The second-order valence-corrected chi connectivity index (χ2v) is 6.74. The monoisotopic (exact) mass is 415 g/mol. The maximum atomic E-state index is 5.74. The number of halogens is 1. The predicted octanol–water partition coefficient (Wildman–Crippen LogP) is 3.18. The molecule has 0 aliphatic heterocycles. The van der Waals surface area contributed by atoms with E-state index in [-0.39, 0.29) is 0 Å². The molecule has 0 atom stereocenters. The zero-order valence-electron chi connectivity index (χ0n) is 14.9. The van der Waals surface area contributed by atoms with Gasteiger partial charge in [0.05, 0.1) is 18.8 Å². The van der Waals surface area contributed by atoms with E-state index in [9.17, 15) is 0 Å². The Morgan fingerprint density at radius 2 is 2.04 bits per heavy atom. The summed E-state index contributed by atoms with van der Waals surface area (Å²) >= 11 is 3.47. The van der Waals surface area contributed by atoms with Gasteiger partial charge in [-0.05, 0) is 40.2 Å².